The molecule has 2 aromatic carbocycles. The lowest BCUT2D eigenvalue weighted by Gasteiger charge is -2.43. The zero-order valence-corrected chi connectivity index (χ0v) is 26.8. The Morgan fingerprint density at radius 3 is 2.10 bits per heavy atom. The van der Waals surface area contributed by atoms with E-state index < -0.39 is 17.7 Å². The Bertz CT molecular complexity index is 1170. The van der Waals surface area contributed by atoms with E-state index in [2.05, 4.69) is 27.7 Å². The highest BCUT2D eigenvalue weighted by atomic mass is 16.6. The predicted molar refractivity (Wildman–Crippen MR) is 167 cm³/mol. The Morgan fingerprint density at radius 2 is 1.49 bits per heavy atom. The standard InChI is InChI=1S/C36H54O5/c1-23(2)14-11-15-24(3)16-12-17-25(4)18-13-21-36(8)32(40-35(39)29-19-9-10-20-31(29)37)22-30-28(7)33(38)26(5)27(6)34(30)41-36/h9-10,19-20,23-25,32,37-38H,11-18,21-22H2,1-8H3/t24-,25+,32?,36-/m0/s1. The van der Waals surface area contributed by atoms with Crippen LogP contribution in [0.25, 0.3) is 0 Å². The summed E-state index contributed by atoms with van der Waals surface area (Å²) < 4.78 is 12.8. The second-order valence-electron chi connectivity index (χ2n) is 13.4. The lowest BCUT2D eigenvalue weighted by molar-refractivity contribution is -0.0753. The number of hydrogen-bond donors (Lipinski definition) is 2. The Morgan fingerprint density at radius 1 is 0.902 bits per heavy atom. The van der Waals surface area contributed by atoms with E-state index in [1.165, 1.54) is 44.6 Å². The van der Waals surface area contributed by atoms with Crippen molar-refractivity contribution in [2.75, 3.05) is 0 Å². The van der Waals surface area contributed by atoms with E-state index in [4.69, 9.17) is 9.47 Å². The number of ether oxygens (including phenoxy) is 2. The molecular weight excluding hydrogens is 512 g/mol. The molecule has 5 heteroatoms. The predicted octanol–water partition coefficient (Wildman–Crippen LogP) is 9.38. The number of carbonyl (C=O) groups is 1. The van der Waals surface area contributed by atoms with Gasteiger partial charge in [-0.3, -0.25) is 0 Å². The zero-order chi connectivity index (χ0) is 30.3. The second-order valence-corrected chi connectivity index (χ2v) is 13.4. The van der Waals surface area contributed by atoms with E-state index in [-0.39, 0.29) is 17.1 Å². The molecule has 4 atom stereocenters. The van der Waals surface area contributed by atoms with Gasteiger partial charge in [-0.25, -0.2) is 4.79 Å². The molecule has 0 aromatic heterocycles. The van der Waals surface area contributed by atoms with Gasteiger partial charge in [-0.05, 0) is 87.1 Å². The SMILES string of the molecule is Cc1c(C)c2c(c(C)c1O)CC(OC(=O)c1ccccc1O)[C@](C)(CCC[C@H](C)CCC[C@@H](C)CCCC(C)C)O2. The van der Waals surface area contributed by atoms with Crippen LogP contribution in [0.5, 0.6) is 17.2 Å². The van der Waals surface area contributed by atoms with Crippen LogP contribution in [-0.2, 0) is 11.2 Å². The van der Waals surface area contributed by atoms with Crippen LogP contribution in [0.15, 0.2) is 24.3 Å². The van der Waals surface area contributed by atoms with Gasteiger partial charge in [-0.15, -0.1) is 0 Å². The molecule has 3 rings (SSSR count). The number of para-hydroxylation sites is 1. The van der Waals surface area contributed by atoms with Gasteiger partial charge in [0.05, 0.1) is 0 Å². The Balaban J connectivity index is 1.67. The summed E-state index contributed by atoms with van der Waals surface area (Å²) in [7, 11) is 0. The highest BCUT2D eigenvalue weighted by Crippen LogP contribution is 2.45. The summed E-state index contributed by atoms with van der Waals surface area (Å²) in [6.07, 6.45) is 10.5. The minimum absolute atomic E-state index is 0.0975. The van der Waals surface area contributed by atoms with Crippen LogP contribution in [0.3, 0.4) is 0 Å². The van der Waals surface area contributed by atoms with Crippen molar-refractivity contribution >= 4 is 5.97 Å². The third-order valence-electron chi connectivity index (χ3n) is 9.36. The highest BCUT2D eigenvalue weighted by Gasteiger charge is 2.45. The Hall–Kier alpha value is -2.69. The van der Waals surface area contributed by atoms with Crippen LogP contribution in [0.2, 0.25) is 0 Å². The first-order valence-electron chi connectivity index (χ1n) is 15.8. The quantitative estimate of drug-likeness (QED) is 0.223. The van der Waals surface area contributed by atoms with Gasteiger partial charge in [-0.1, -0.05) is 84.8 Å². The fraction of sp³-hybridized carbons (Fsp3) is 0.639. The van der Waals surface area contributed by atoms with Crippen molar-refractivity contribution < 1.29 is 24.5 Å². The molecule has 2 N–H and O–H groups in total. The molecule has 1 aliphatic rings. The molecule has 0 fully saturated rings. The van der Waals surface area contributed by atoms with E-state index in [1.54, 1.807) is 18.2 Å². The minimum atomic E-state index is -0.724. The van der Waals surface area contributed by atoms with Gasteiger partial charge >= 0.3 is 5.97 Å². The summed E-state index contributed by atoms with van der Waals surface area (Å²) >= 11 is 0. The van der Waals surface area contributed by atoms with Gasteiger partial charge in [0, 0.05) is 12.0 Å². The maximum absolute atomic E-state index is 13.2. The number of rotatable bonds is 14. The van der Waals surface area contributed by atoms with E-state index in [0.717, 1.165) is 59.1 Å². The molecule has 0 spiro atoms. The van der Waals surface area contributed by atoms with Gasteiger partial charge in [0.2, 0.25) is 0 Å². The van der Waals surface area contributed by atoms with E-state index in [9.17, 15) is 15.0 Å². The van der Waals surface area contributed by atoms with Crippen molar-refractivity contribution in [2.45, 2.75) is 131 Å². The lowest BCUT2D eigenvalue weighted by Crippen LogP contribution is -2.51. The fourth-order valence-corrected chi connectivity index (χ4v) is 6.25. The summed E-state index contributed by atoms with van der Waals surface area (Å²) in [6, 6.07) is 6.46. The first-order valence-corrected chi connectivity index (χ1v) is 15.8. The average molecular weight is 567 g/mol. The van der Waals surface area contributed by atoms with Gasteiger partial charge in [0.15, 0.2) is 0 Å². The first-order chi connectivity index (χ1) is 19.3. The Labute approximate surface area is 248 Å². The van der Waals surface area contributed by atoms with Crippen molar-refractivity contribution in [1.29, 1.82) is 0 Å². The minimum Gasteiger partial charge on any atom is -0.507 e. The summed E-state index contributed by atoms with van der Waals surface area (Å²) in [5.74, 6) is 2.63. The number of carbonyl (C=O) groups excluding carboxylic acids is 1. The van der Waals surface area contributed by atoms with Crippen molar-refractivity contribution in [3.8, 4) is 17.2 Å². The summed E-state index contributed by atoms with van der Waals surface area (Å²) in [4.78, 5) is 13.2. The normalized spacial score (nSPS) is 19.9. The molecule has 41 heavy (non-hydrogen) atoms. The summed E-state index contributed by atoms with van der Waals surface area (Å²) in [5.41, 5.74) is 2.82. The van der Waals surface area contributed by atoms with Crippen LogP contribution in [0, 0.1) is 38.5 Å². The van der Waals surface area contributed by atoms with Crippen LogP contribution in [0.1, 0.15) is 125 Å². The monoisotopic (exact) mass is 566 g/mol. The second kappa shape index (κ2) is 14.5. The molecule has 2 aromatic rings. The third kappa shape index (κ3) is 8.42. The molecule has 0 bridgehead atoms. The van der Waals surface area contributed by atoms with Crippen LogP contribution < -0.4 is 4.74 Å². The molecule has 0 saturated carbocycles. The molecule has 1 aliphatic heterocycles. The van der Waals surface area contributed by atoms with E-state index in [1.807, 2.05) is 27.7 Å². The lowest BCUT2D eigenvalue weighted by atomic mass is 9.81. The molecule has 0 saturated heterocycles. The van der Waals surface area contributed by atoms with Gasteiger partial charge in [0.1, 0.15) is 34.5 Å². The van der Waals surface area contributed by atoms with Crippen LogP contribution >= 0.6 is 0 Å². The molecule has 0 amide bonds. The number of phenolic OH excluding ortho intramolecular Hbond substituents is 2. The number of phenols is 2. The number of aromatic hydroxyl groups is 2. The Kier molecular flexibility index (Phi) is 11.6. The fourth-order valence-electron chi connectivity index (χ4n) is 6.25. The maximum atomic E-state index is 13.2. The number of esters is 1. The summed E-state index contributed by atoms with van der Waals surface area (Å²) in [6.45, 7) is 17.2. The largest absolute Gasteiger partial charge is 0.507 e. The third-order valence-corrected chi connectivity index (χ3v) is 9.36. The average Bonchev–Trinajstić information content (AvgIpc) is 2.91. The summed E-state index contributed by atoms with van der Waals surface area (Å²) in [5, 5.41) is 21.0. The van der Waals surface area contributed by atoms with E-state index >= 15 is 0 Å². The number of fused-ring (bicyclic) bond motifs is 1. The number of hydrogen-bond acceptors (Lipinski definition) is 5. The van der Waals surface area contributed by atoms with Gasteiger partial charge < -0.3 is 19.7 Å². The molecular formula is C36H54O5. The van der Waals surface area contributed by atoms with Gasteiger partial charge in [0.25, 0.3) is 0 Å². The maximum Gasteiger partial charge on any atom is 0.342 e. The van der Waals surface area contributed by atoms with Crippen molar-refractivity contribution in [3.05, 3.63) is 52.1 Å². The molecule has 228 valence electrons. The zero-order valence-electron chi connectivity index (χ0n) is 26.8. The topological polar surface area (TPSA) is 76.0 Å². The van der Waals surface area contributed by atoms with Crippen LogP contribution in [0.4, 0.5) is 0 Å². The van der Waals surface area contributed by atoms with Crippen molar-refractivity contribution in [3.63, 3.8) is 0 Å². The highest BCUT2D eigenvalue weighted by molar-refractivity contribution is 5.92. The number of benzene rings is 2. The first kappa shape index (κ1) is 32.8. The van der Waals surface area contributed by atoms with Crippen LogP contribution in [-0.4, -0.2) is 27.9 Å². The van der Waals surface area contributed by atoms with Gasteiger partial charge in [-0.2, -0.15) is 0 Å². The molecule has 5 nitrogen and oxygen atoms in total. The van der Waals surface area contributed by atoms with Crippen molar-refractivity contribution in [2.24, 2.45) is 17.8 Å². The smallest absolute Gasteiger partial charge is 0.342 e. The molecule has 0 aliphatic carbocycles. The molecule has 1 heterocycles. The van der Waals surface area contributed by atoms with Crippen molar-refractivity contribution in [1.82, 2.24) is 0 Å². The molecule has 0 radical (unpaired) electrons. The molecule has 1 unspecified atom stereocenters. The van der Waals surface area contributed by atoms with E-state index in [0.29, 0.717) is 12.3 Å².